The minimum atomic E-state index is -0.00815. The van der Waals surface area contributed by atoms with Crippen LogP contribution in [0, 0.1) is 0 Å². The van der Waals surface area contributed by atoms with Crippen LogP contribution in [-0.2, 0) is 0 Å². The van der Waals surface area contributed by atoms with Crippen LogP contribution in [0.2, 0.25) is 0 Å². The smallest absolute Gasteiger partial charge is 0.269 e. The fourth-order valence-corrected chi connectivity index (χ4v) is 1.34. The van der Waals surface area contributed by atoms with Gasteiger partial charge in [0, 0.05) is 18.4 Å². The number of hydrogen-bond donors (Lipinski definition) is 0. The van der Waals surface area contributed by atoms with Crippen LogP contribution in [0.25, 0.3) is 0 Å². The summed E-state index contributed by atoms with van der Waals surface area (Å²) in [6.45, 7) is 4.17. The van der Waals surface area contributed by atoms with Gasteiger partial charge < -0.3 is 4.57 Å². The van der Waals surface area contributed by atoms with Crippen LogP contribution in [0.4, 0.5) is 0 Å². The second kappa shape index (κ2) is 4.04. The molecule has 1 aromatic heterocycles. The van der Waals surface area contributed by atoms with E-state index in [0.717, 1.165) is 12.8 Å². The van der Waals surface area contributed by atoms with Crippen LogP contribution in [0.15, 0.2) is 23.4 Å². The maximum absolute atomic E-state index is 11.3. The Bertz CT molecular complexity index is 289. The highest BCUT2D eigenvalue weighted by Gasteiger charge is 2.05. The Morgan fingerprint density at radius 2 is 2.17 bits per heavy atom. The van der Waals surface area contributed by atoms with Gasteiger partial charge in [-0.2, -0.15) is 0 Å². The van der Waals surface area contributed by atoms with E-state index in [2.05, 4.69) is 18.8 Å². The maximum atomic E-state index is 11.3. The van der Waals surface area contributed by atoms with Gasteiger partial charge in [0.1, 0.15) is 0 Å². The highest BCUT2D eigenvalue weighted by molar-refractivity contribution is 4.83. The average Bonchev–Trinajstić information content (AvgIpc) is 2.10. The summed E-state index contributed by atoms with van der Waals surface area (Å²) in [6.07, 6.45) is 6.74. The van der Waals surface area contributed by atoms with Gasteiger partial charge in [0.05, 0.1) is 6.20 Å². The molecule has 0 atom stereocenters. The van der Waals surface area contributed by atoms with Crippen molar-refractivity contribution in [3.8, 4) is 0 Å². The topological polar surface area (TPSA) is 34.9 Å². The fourth-order valence-electron chi connectivity index (χ4n) is 1.34. The quantitative estimate of drug-likeness (QED) is 0.683. The molecule has 0 aliphatic carbocycles. The Hall–Kier alpha value is -1.12. The molecule has 0 saturated carbocycles. The van der Waals surface area contributed by atoms with Crippen LogP contribution in [0.5, 0.6) is 0 Å². The van der Waals surface area contributed by atoms with Gasteiger partial charge in [-0.25, -0.2) is 0 Å². The van der Waals surface area contributed by atoms with Gasteiger partial charge in [0.25, 0.3) is 5.56 Å². The molecule has 1 aromatic rings. The molecule has 0 N–H and O–H groups in total. The van der Waals surface area contributed by atoms with E-state index in [9.17, 15) is 4.79 Å². The van der Waals surface area contributed by atoms with E-state index >= 15 is 0 Å². The van der Waals surface area contributed by atoms with E-state index < -0.39 is 0 Å². The molecule has 1 rings (SSSR count). The molecule has 0 aliphatic heterocycles. The van der Waals surface area contributed by atoms with E-state index in [1.54, 1.807) is 17.0 Å². The SMILES string of the molecule is CCC(CC)n1ccncc1=O. The molecular formula is C9H14N2O. The normalized spacial score (nSPS) is 10.6. The van der Waals surface area contributed by atoms with Crippen LogP contribution in [-0.4, -0.2) is 9.55 Å². The van der Waals surface area contributed by atoms with E-state index in [1.807, 2.05) is 0 Å². The summed E-state index contributed by atoms with van der Waals surface area (Å²) in [7, 11) is 0. The van der Waals surface area contributed by atoms with Crippen molar-refractivity contribution in [3.63, 3.8) is 0 Å². The highest BCUT2D eigenvalue weighted by Crippen LogP contribution is 2.11. The molecule has 0 aliphatic rings. The van der Waals surface area contributed by atoms with Crippen LogP contribution in [0.3, 0.4) is 0 Å². The van der Waals surface area contributed by atoms with Crippen molar-refractivity contribution >= 4 is 0 Å². The second-order valence-electron chi connectivity index (χ2n) is 2.79. The van der Waals surface area contributed by atoms with Gasteiger partial charge in [-0.1, -0.05) is 13.8 Å². The lowest BCUT2D eigenvalue weighted by Gasteiger charge is -2.14. The first-order valence-corrected chi connectivity index (χ1v) is 4.31. The summed E-state index contributed by atoms with van der Waals surface area (Å²) in [6, 6.07) is 0.320. The fraction of sp³-hybridized carbons (Fsp3) is 0.556. The Labute approximate surface area is 72.1 Å². The van der Waals surface area contributed by atoms with Crippen molar-refractivity contribution in [2.45, 2.75) is 32.7 Å². The number of rotatable bonds is 3. The van der Waals surface area contributed by atoms with Gasteiger partial charge in [-0.15, -0.1) is 0 Å². The van der Waals surface area contributed by atoms with Gasteiger partial charge in [0.15, 0.2) is 0 Å². The lowest BCUT2D eigenvalue weighted by atomic mass is 10.2. The summed E-state index contributed by atoms with van der Waals surface area (Å²) in [4.78, 5) is 15.0. The molecule has 3 heteroatoms. The zero-order valence-electron chi connectivity index (χ0n) is 7.53. The summed E-state index contributed by atoms with van der Waals surface area (Å²) in [5, 5.41) is 0. The molecular weight excluding hydrogens is 152 g/mol. The summed E-state index contributed by atoms with van der Waals surface area (Å²) < 4.78 is 1.74. The predicted octanol–water partition coefficient (Wildman–Crippen LogP) is 1.60. The third-order valence-corrected chi connectivity index (χ3v) is 2.09. The van der Waals surface area contributed by atoms with Crippen LogP contribution < -0.4 is 5.56 Å². The van der Waals surface area contributed by atoms with Crippen molar-refractivity contribution in [2.24, 2.45) is 0 Å². The Morgan fingerprint density at radius 3 is 2.67 bits per heavy atom. The number of nitrogens with zero attached hydrogens (tertiary/aromatic N) is 2. The first-order chi connectivity index (χ1) is 5.79. The van der Waals surface area contributed by atoms with E-state index in [0.29, 0.717) is 6.04 Å². The third-order valence-electron chi connectivity index (χ3n) is 2.09. The largest absolute Gasteiger partial charge is 0.310 e. The summed E-state index contributed by atoms with van der Waals surface area (Å²) in [5.41, 5.74) is -0.00815. The minimum Gasteiger partial charge on any atom is -0.310 e. The molecule has 0 amide bonds. The Morgan fingerprint density at radius 1 is 1.50 bits per heavy atom. The van der Waals surface area contributed by atoms with Gasteiger partial charge in [0.2, 0.25) is 0 Å². The summed E-state index contributed by atoms with van der Waals surface area (Å²) >= 11 is 0. The molecule has 0 spiro atoms. The molecule has 0 aromatic carbocycles. The number of aromatic nitrogens is 2. The van der Waals surface area contributed by atoms with Gasteiger partial charge in [-0.3, -0.25) is 9.78 Å². The van der Waals surface area contributed by atoms with E-state index in [-0.39, 0.29) is 5.56 Å². The molecule has 1 heterocycles. The second-order valence-corrected chi connectivity index (χ2v) is 2.79. The van der Waals surface area contributed by atoms with Crippen molar-refractivity contribution in [1.82, 2.24) is 9.55 Å². The third kappa shape index (κ3) is 1.72. The average molecular weight is 166 g/mol. The van der Waals surface area contributed by atoms with Crippen molar-refractivity contribution in [2.75, 3.05) is 0 Å². The standard InChI is InChI=1S/C9H14N2O/c1-3-8(4-2)11-6-5-10-7-9(11)12/h5-8H,3-4H2,1-2H3. The summed E-state index contributed by atoms with van der Waals surface area (Å²) in [5.74, 6) is 0. The zero-order valence-corrected chi connectivity index (χ0v) is 7.53. The molecule has 0 bridgehead atoms. The lowest BCUT2D eigenvalue weighted by Crippen LogP contribution is -2.23. The number of hydrogen-bond acceptors (Lipinski definition) is 2. The maximum Gasteiger partial charge on any atom is 0.269 e. The van der Waals surface area contributed by atoms with Gasteiger partial charge >= 0.3 is 0 Å². The minimum absolute atomic E-state index is 0.00815. The Balaban J connectivity index is 3.00. The highest BCUT2D eigenvalue weighted by atomic mass is 16.1. The molecule has 0 saturated heterocycles. The van der Waals surface area contributed by atoms with E-state index in [4.69, 9.17) is 0 Å². The molecule has 0 fully saturated rings. The van der Waals surface area contributed by atoms with Crippen molar-refractivity contribution < 1.29 is 0 Å². The molecule has 3 nitrogen and oxygen atoms in total. The van der Waals surface area contributed by atoms with E-state index in [1.165, 1.54) is 6.20 Å². The monoisotopic (exact) mass is 166 g/mol. The molecule has 0 unspecified atom stereocenters. The molecule has 0 radical (unpaired) electrons. The first kappa shape index (κ1) is 8.97. The van der Waals surface area contributed by atoms with Gasteiger partial charge in [-0.05, 0) is 12.8 Å². The Kier molecular flexibility index (Phi) is 3.02. The predicted molar refractivity (Wildman–Crippen MR) is 48.1 cm³/mol. The van der Waals surface area contributed by atoms with Crippen LogP contribution in [0.1, 0.15) is 32.7 Å². The lowest BCUT2D eigenvalue weighted by molar-refractivity contribution is 0.456. The van der Waals surface area contributed by atoms with Crippen molar-refractivity contribution in [3.05, 3.63) is 28.9 Å². The molecule has 12 heavy (non-hydrogen) atoms. The van der Waals surface area contributed by atoms with Crippen molar-refractivity contribution in [1.29, 1.82) is 0 Å². The first-order valence-electron chi connectivity index (χ1n) is 4.31. The zero-order chi connectivity index (χ0) is 8.97. The van der Waals surface area contributed by atoms with Crippen LogP contribution >= 0.6 is 0 Å². The molecule has 66 valence electrons.